The van der Waals surface area contributed by atoms with Crippen LogP contribution in [-0.2, 0) is 9.53 Å². The summed E-state index contributed by atoms with van der Waals surface area (Å²) in [5.41, 5.74) is 0.859. The van der Waals surface area contributed by atoms with E-state index in [0.717, 1.165) is 5.56 Å². The molecule has 0 aliphatic carbocycles. The monoisotopic (exact) mass is 353 g/mol. The van der Waals surface area contributed by atoms with E-state index in [4.69, 9.17) is 26.4 Å². The van der Waals surface area contributed by atoms with Crippen LogP contribution in [0.5, 0.6) is 11.5 Å². The number of amides is 1. The van der Waals surface area contributed by atoms with Crippen LogP contribution in [0.25, 0.3) is 6.08 Å². The van der Waals surface area contributed by atoms with E-state index in [2.05, 4.69) is 0 Å². The number of hydrogen-bond acceptors (Lipinski definition) is 6. The smallest absolute Gasteiger partial charge is 0.266 e. The van der Waals surface area contributed by atoms with Gasteiger partial charge >= 0.3 is 0 Å². The van der Waals surface area contributed by atoms with Crippen molar-refractivity contribution < 1.29 is 19.0 Å². The molecule has 2 rings (SSSR count). The lowest BCUT2D eigenvalue weighted by Crippen LogP contribution is -2.31. The number of carbonyl (C=O) groups excluding carboxylic acids is 1. The summed E-state index contributed by atoms with van der Waals surface area (Å²) in [6, 6.07) is 5.56. The number of nitrogens with zero attached hydrogens (tertiary/aromatic N) is 1. The van der Waals surface area contributed by atoms with Gasteiger partial charge in [0.2, 0.25) is 0 Å². The Kier molecular flexibility index (Phi) is 6.44. The molecular formula is C16H19NO4S2. The highest BCUT2D eigenvalue weighted by molar-refractivity contribution is 8.26. The lowest BCUT2D eigenvalue weighted by molar-refractivity contribution is -0.122. The highest BCUT2D eigenvalue weighted by Crippen LogP contribution is 2.34. The number of thioether (sulfide) groups is 1. The summed E-state index contributed by atoms with van der Waals surface area (Å²) < 4.78 is 16.4. The lowest BCUT2D eigenvalue weighted by atomic mass is 10.2. The van der Waals surface area contributed by atoms with Gasteiger partial charge in [0.25, 0.3) is 5.91 Å². The van der Waals surface area contributed by atoms with Gasteiger partial charge in [0.05, 0.1) is 31.8 Å². The van der Waals surface area contributed by atoms with Crippen LogP contribution < -0.4 is 9.47 Å². The fraction of sp³-hybridized carbons (Fsp3) is 0.375. The molecule has 23 heavy (non-hydrogen) atoms. The molecule has 1 heterocycles. The molecule has 124 valence electrons. The molecule has 1 amide bonds. The summed E-state index contributed by atoms with van der Waals surface area (Å²) in [6.45, 7) is 3.40. The molecular weight excluding hydrogens is 334 g/mol. The molecule has 7 heteroatoms. The van der Waals surface area contributed by atoms with Crippen molar-refractivity contribution in [3.8, 4) is 11.5 Å². The predicted octanol–water partition coefficient (Wildman–Crippen LogP) is 2.94. The zero-order valence-corrected chi connectivity index (χ0v) is 15.0. The van der Waals surface area contributed by atoms with Crippen molar-refractivity contribution in [2.75, 3.05) is 34.0 Å². The maximum absolute atomic E-state index is 12.4. The van der Waals surface area contributed by atoms with E-state index >= 15 is 0 Å². The Bertz CT molecular complexity index is 631. The first-order valence-corrected chi connectivity index (χ1v) is 8.38. The molecule has 1 fully saturated rings. The maximum atomic E-state index is 12.4. The second kappa shape index (κ2) is 8.33. The molecule has 1 aromatic carbocycles. The van der Waals surface area contributed by atoms with Crippen LogP contribution >= 0.6 is 24.0 Å². The van der Waals surface area contributed by atoms with Crippen molar-refractivity contribution in [1.82, 2.24) is 4.90 Å². The van der Waals surface area contributed by atoms with Crippen molar-refractivity contribution in [3.05, 3.63) is 28.7 Å². The largest absolute Gasteiger partial charge is 0.493 e. The Morgan fingerprint density at radius 3 is 2.74 bits per heavy atom. The van der Waals surface area contributed by atoms with E-state index in [1.807, 2.05) is 31.2 Å². The zero-order valence-electron chi connectivity index (χ0n) is 13.3. The van der Waals surface area contributed by atoms with Gasteiger partial charge in [-0.1, -0.05) is 30.0 Å². The Hall–Kier alpha value is -1.57. The normalized spacial score (nSPS) is 16.3. The van der Waals surface area contributed by atoms with Crippen LogP contribution in [0.3, 0.4) is 0 Å². The number of ether oxygens (including phenoxy) is 3. The molecule has 1 saturated heterocycles. The van der Waals surface area contributed by atoms with E-state index in [9.17, 15) is 4.79 Å². The average Bonchev–Trinajstić information content (AvgIpc) is 2.81. The molecule has 1 aliphatic heterocycles. The Morgan fingerprint density at radius 1 is 1.30 bits per heavy atom. The summed E-state index contributed by atoms with van der Waals surface area (Å²) in [5, 5.41) is 0. The molecule has 0 atom stereocenters. The number of hydrogen-bond donors (Lipinski definition) is 0. The van der Waals surface area contributed by atoms with Gasteiger partial charge in [0, 0.05) is 7.11 Å². The van der Waals surface area contributed by atoms with Crippen LogP contribution in [0.2, 0.25) is 0 Å². The maximum Gasteiger partial charge on any atom is 0.266 e. The van der Waals surface area contributed by atoms with Crippen LogP contribution in [0.15, 0.2) is 23.1 Å². The van der Waals surface area contributed by atoms with Gasteiger partial charge in [-0.15, -0.1) is 0 Å². The Morgan fingerprint density at radius 2 is 2.09 bits per heavy atom. The topological polar surface area (TPSA) is 48.0 Å². The minimum Gasteiger partial charge on any atom is -0.493 e. The van der Waals surface area contributed by atoms with Gasteiger partial charge in [0.15, 0.2) is 11.5 Å². The summed E-state index contributed by atoms with van der Waals surface area (Å²) in [5.74, 6) is 1.22. The third-order valence-electron chi connectivity index (χ3n) is 3.18. The van der Waals surface area contributed by atoms with E-state index < -0.39 is 0 Å². The highest BCUT2D eigenvalue weighted by atomic mass is 32.2. The lowest BCUT2D eigenvalue weighted by Gasteiger charge is -2.13. The van der Waals surface area contributed by atoms with E-state index in [-0.39, 0.29) is 5.91 Å². The fourth-order valence-electron chi connectivity index (χ4n) is 2.08. The predicted molar refractivity (Wildman–Crippen MR) is 95.9 cm³/mol. The van der Waals surface area contributed by atoms with Crippen molar-refractivity contribution in [1.29, 1.82) is 0 Å². The quantitative estimate of drug-likeness (QED) is 0.555. The van der Waals surface area contributed by atoms with Gasteiger partial charge in [-0.05, 0) is 30.7 Å². The van der Waals surface area contributed by atoms with Gasteiger partial charge < -0.3 is 14.2 Å². The van der Waals surface area contributed by atoms with Crippen molar-refractivity contribution in [2.45, 2.75) is 6.92 Å². The minimum atomic E-state index is -0.0927. The van der Waals surface area contributed by atoms with Crippen molar-refractivity contribution in [2.24, 2.45) is 0 Å². The van der Waals surface area contributed by atoms with Crippen LogP contribution in [0, 0.1) is 0 Å². The van der Waals surface area contributed by atoms with E-state index in [1.54, 1.807) is 19.1 Å². The van der Waals surface area contributed by atoms with Gasteiger partial charge in [-0.3, -0.25) is 9.69 Å². The average molecular weight is 353 g/mol. The van der Waals surface area contributed by atoms with Crippen molar-refractivity contribution >= 4 is 40.3 Å². The molecule has 0 spiro atoms. The van der Waals surface area contributed by atoms with Gasteiger partial charge in [0.1, 0.15) is 4.32 Å². The third-order valence-corrected chi connectivity index (χ3v) is 4.56. The molecule has 0 radical (unpaired) electrons. The zero-order chi connectivity index (χ0) is 16.8. The summed E-state index contributed by atoms with van der Waals surface area (Å²) in [7, 11) is 3.19. The second-order valence-corrected chi connectivity index (χ2v) is 6.35. The van der Waals surface area contributed by atoms with Crippen LogP contribution in [0.1, 0.15) is 12.5 Å². The minimum absolute atomic E-state index is 0.0927. The first-order valence-electron chi connectivity index (χ1n) is 7.15. The second-order valence-electron chi connectivity index (χ2n) is 4.67. The standard InChI is InChI=1S/C16H19NO4S2/c1-4-21-12-6-5-11(9-13(12)20-3)10-14-15(18)17(7-8-19-2)16(22)23-14/h5-6,9-10H,4,7-8H2,1-3H3/b14-10-. The van der Waals surface area contributed by atoms with Gasteiger partial charge in [-0.2, -0.15) is 0 Å². The third kappa shape index (κ3) is 4.25. The number of carbonyl (C=O) groups is 1. The summed E-state index contributed by atoms with van der Waals surface area (Å²) in [6.07, 6.45) is 1.81. The molecule has 0 bridgehead atoms. The van der Waals surface area contributed by atoms with Crippen LogP contribution in [-0.4, -0.2) is 49.1 Å². The number of methoxy groups -OCH3 is 2. The summed E-state index contributed by atoms with van der Waals surface area (Å²) >= 11 is 6.55. The molecule has 5 nitrogen and oxygen atoms in total. The van der Waals surface area contributed by atoms with Crippen molar-refractivity contribution in [3.63, 3.8) is 0 Å². The fourth-order valence-corrected chi connectivity index (χ4v) is 3.38. The molecule has 0 saturated carbocycles. The number of benzene rings is 1. The van der Waals surface area contributed by atoms with Crippen LogP contribution in [0.4, 0.5) is 0 Å². The molecule has 1 aliphatic rings. The Labute approximate surface area is 145 Å². The van der Waals surface area contributed by atoms with E-state index in [0.29, 0.717) is 40.5 Å². The molecule has 1 aromatic rings. The SMILES string of the molecule is CCOc1ccc(/C=C2\SC(=S)N(CCOC)C2=O)cc1OC. The molecule has 0 aromatic heterocycles. The summed E-state index contributed by atoms with van der Waals surface area (Å²) in [4.78, 5) is 14.5. The first kappa shape index (κ1) is 17.8. The first-order chi connectivity index (χ1) is 11.1. The van der Waals surface area contributed by atoms with E-state index in [1.165, 1.54) is 11.8 Å². The number of thiocarbonyl (C=S) groups is 1. The number of rotatable bonds is 7. The van der Waals surface area contributed by atoms with Gasteiger partial charge in [-0.25, -0.2) is 0 Å². The molecule has 0 unspecified atom stereocenters. The highest BCUT2D eigenvalue weighted by Gasteiger charge is 2.31. The Balaban J connectivity index is 2.21. The molecule has 0 N–H and O–H groups in total.